The summed E-state index contributed by atoms with van der Waals surface area (Å²) in [4.78, 5) is 11.5. The molecule has 26 heavy (non-hydrogen) atoms. The van der Waals surface area contributed by atoms with E-state index >= 15 is 0 Å². The van der Waals surface area contributed by atoms with Crippen molar-refractivity contribution in [2.24, 2.45) is 0 Å². The molecule has 0 aromatic heterocycles. The number of rotatable bonds is 5. The Bertz CT molecular complexity index is 855. The normalized spacial score (nSPS) is 11.2. The van der Waals surface area contributed by atoms with Gasteiger partial charge in [0.2, 0.25) is 17.2 Å². The number of hydrogen-bond acceptors (Lipinski definition) is 10. The molecule has 0 radical (unpaired) electrons. The number of phenols is 5. The van der Waals surface area contributed by atoms with Gasteiger partial charge in [-0.3, -0.25) is 10.0 Å². The minimum atomic E-state index is -1.09. The van der Waals surface area contributed by atoms with E-state index in [1.165, 1.54) is 11.5 Å². The van der Waals surface area contributed by atoms with Gasteiger partial charge in [0.1, 0.15) is 5.69 Å². The standard InChI is InChI=1S/C15H14N2O8S/c18-8(15(24)16-25)5-6-2-1-3-7(4-6)26-17-9-10(19)12(21)14(23)13(22)11(9)20/h1-5,17-23,25H,(H,16,24)/b8-5-. The number of carbonyl (C=O) groups excluding carboxylic acids is 1. The summed E-state index contributed by atoms with van der Waals surface area (Å²) in [7, 11) is 0. The second-order valence-corrected chi connectivity index (χ2v) is 5.74. The number of aliphatic hydroxyl groups is 1. The highest BCUT2D eigenvalue weighted by molar-refractivity contribution is 8.00. The maximum Gasteiger partial charge on any atom is 0.309 e. The van der Waals surface area contributed by atoms with Crippen LogP contribution in [0.3, 0.4) is 0 Å². The third-order valence-electron chi connectivity index (χ3n) is 3.14. The van der Waals surface area contributed by atoms with E-state index < -0.39 is 46.1 Å². The van der Waals surface area contributed by atoms with Crippen LogP contribution in [0.4, 0.5) is 5.69 Å². The van der Waals surface area contributed by atoms with Crippen LogP contribution in [-0.2, 0) is 4.79 Å². The molecule has 0 aliphatic carbocycles. The van der Waals surface area contributed by atoms with E-state index in [0.29, 0.717) is 10.5 Å². The number of carbonyl (C=O) groups is 1. The van der Waals surface area contributed by atoms with Crippen LogP contribution in [0.25, 0.3) is 6.08 Å². The maximum absolute atomic E-state index is 11.1. The Balaban J connectivity index is 2.24. The van der Waals surface area contributed by atoms with Crippen molar-refractivity contribution in [1.82, 2.24) is 5.48 Å². The fraction of sp³-hybridized carbons (Fsp3) is 0. The van der Waals surface area contributed by atoms with Gasteiger partial charge in [-0.05, 0) is 35.7 Å². The van der Waals surface area contributed by atoms with E-state index in [2.05, 4.69) is 4.72 Å². The quantitative estimate of drug-likeness (QED) is 0.0702. The highest BCUT2D eigenvalue weighted by Crippen LogP contribution is 2.54. The van der Waals surface area contributed by atoms with Gasteiger partial charge in [0.05, 0.1) is 0 Å². The Kier molecular flexibility index (Phi) is 5.54. The molecule has 138 valence electrons. The molecule has 2 aromatic rings. The van der Waals surface area contributed by atoms with Gasteiger partial charge in [-0.25, -0.2) is 5.48 Å². The SMILES string of the molecule is O=C(NO)/C(O)=C/c1cccc(SNc2c(O)c(O)c(O)c(O)c2O)c1. The minimum Gasteiger partial charge on any atom is -0.503 e. The molecule has 0 saturated carbocycles. The first-order valence-electron chi connectivity index (χ1n) is 6.83. The number of benzene rings is 2. The summed E-state index contributed by atoms with van der Waals surface area (Å²) in [5, 5.41) is 65.7. The number of aliphatic hydroxyl groups excluding tert-OH is 1. The lowest BCUT2D eigenvalue weighted by Gasteiger charge is -2.13. The van der Waals surface area contributed by atoms with Crippen molar-refractivity contribution < 1.29 is 40.6 Å². The maximum atomic E-state index is 11.1. The van der Waals surface area contributed by atoms with Crippen molar-refractivity contribution in [3.05, 3.63) is 35.6 Å². The Morgan fingerprint density at radius 1 is 0.962 bits per heavy atom. The molecule has 0 unspecified atom stereocenters. The van der Waals surface area contributed by atoms with E-state index in [1.807, 2.05) is 0 Å². The van der Waals surface area contributed by atoms with Crippen LogP contribution in [0, 0.1) is 0 Å². The van der Waals surface area contributed by atoms with Crippen LogP contribution in [0.2, 0.25) is 0 Å². The van der Waals surface area contributed by atoms with Crippen molar-refractivity contribution in [3.63, 3.8) is 0 Å². The third kappa shape index (κ3) is 3.79. The van der Waals surface area contributed by atoms with Crippen molar-refractivity contribution in [2.45, 2.75) is 4.90 Å². The number of hydroxylamine groups is 1. The summed E-state index contributed by atoms with van der Waals surface area (Å²) in [6.07, 6.45) is 1.09. The van der Waals surface area contributed by atoms with E-state index in [-0.39, 0.29) is 0 Å². The fourth-order valence-electron chi connectivity index (χ4n) is 1.84. The largest absolute Gasteiger partial charge is 0.503 e. The third-order valence-corrected chi connectivity index (χ3v) is 3.93. The molecule has 9 N–H and O–H groups in total. The first-order chi connectivity index (χ1) is 12.3. The Morgan fingerprint density at radius 3 is 2.12 bits per heavy atom. The van der Waals surface area contributed by atoms with Gasteiger partial charge in [-0.2, -0.15) is 0 Å². The molecule has 0 fully saturated rings. The zero-order chi connectivity index (χ0) is 19.4. The average molecular weight is 382 g/mol. The smallest absolute Gasteiger partial charge is 0.309 e. The second kappa shape index (κ2) is 7.63. The molecule has 0 bridgehead atoms. The predicted octanol–water partition coefficient (Wildman–Crippen LogP) is 1.74. The van der Waals surface area contributed by atoms with Gasteiger partial charge >= 0.3 is 5.91 Å². The number of amides is 1. The lowest BCUT2D eigenvalue weighted by Crippen LogP contribution is -2.20. The summed E-state index contributed by atoms with van der Waals surface area (Å²) in [5.74, 6) is -6.67. The van der Waals surface area contributed by atoms with Crippen LogP contribution >= 0.6 is 11.9 Å². The molecule has 0 saturated heterocycles. The van der Waals surface area contributed by atoms with Crippen LogP contribution in [0.15, 0.2) is 34.9 Å². The summed E-state index contributed by atoms with van der Waals surface area (Å²) in [6, 6.07) is 6.24. The first-order valence-corrected chi connectivity index (χ1v) is 7.64. The Hall–Kier alpha value is -3.44. The highest BCUT2D eigenvalue weighted by atomic mass is 32.2. The number of nitrogens with one attached hydrogen (secondary N) is 2. The first kappa shape index (κ1) is 18.9. The zero-order valence-electron chi connectivity index (χ0n) is 12.8. The van der Waals surface area contributed by atoms with Gasteiger partial charge in [0, 0.05) is 4.90 Å². The number of anilines is 1. The van der Waals surface area contributed by atoms with E-state index in [1.54, 1.807) is 18.2 Å². The molecule has 0 spiro atoms. The molecule has 11 heteroatoms. The van der Waals surface area contributed by atoms with Gasteiger partial charge in [-0.15, -0.1) is 0 Å². The average Bonchev–Trinajstić information content (AvgIpc) is 2.64. The van der Waals surface area contributed by atoms with Gasteiger partial charge in [-0.1, -0.05) is 12.1 Å². The molecule has 0 aliphatic heterocycles. The van der Waals surface area contributed by atoms with E-state index in [0.717, 1.165) is 18.0 Å². The molecule has 2 aromatic carbocycles. The van der Waals surface area contributed by atoms with Crippen LogP contribution < -0.4 is 10.2 Å². The summed E-state index contributed by atoms with van der Waals surface area (Å²) < 4.78 is 2.50. The minimum absolute atomic E-state index is 0.391. The van der Waals surface area contributed by atoms with Gasteiger partial charge < -0.3 is 35.4 Å². The van der Waals surface area contributed by atoms with Crippen LogP contribution in [-0.4, -0.2) is 41.8 Å². The molecular weight excluding hydrogens is 368 g/mol. The molecule has 0 heterocycles. The highest BCUT2D eigenvalue weighted by Gasteiger charge is 2.23. The van der Waals surface area contributed by atoms with Crippen molar-refractivity contribution in [2.75, 3.05) is 4.72 Å². The Labute approximate surface area is 150 Å². The predicted molar refractivity (Wildman–Crippen MR) is 91.2 cm³/mol. The molecule has 10 nitrogen and oxygen atoms in total. The zero-order valence-corrected chi connectivity index (χ0v) is 13.7. The van der Waals surface area contributed by atoms with Gasteiger partial charge in [0.15, 0.2) is 17.3 Å². The summed E-state index contributed by atoms with van der Waals surface area (Å²) in [6.45, 7) is 0. The van der Waals surface area contributed by atoms with E-state index in [9.17, 15) is 35.4 Å². The number of phenolic OH excluding ortho intramolecular Hbond substituents is 5. The van der Waals surface area contributed by atoms with Crippen molar-refractivity contribution >= 4 is 29.6 Å². The van der Waals surface area contributed by atoms with Crippen LogP contribution in [0.5, 0.6) is 28.7 Å². The molecule has 0 aliphatic rings. The molecule has 1 amide bonds. The van der Waals surface area contributed by atoms with Crippen LogP contribution in [0.1, 0.15) is 5.56 Å². The lowest BCUT2D eigenvalue weighted by molar-refractivity contribution is -0.127. The van der Waals surface area contributed by atoms with E-state index in [4.69, 9.17) is 5.21 Å². The lowest BCUT2D eigenvalue weighted by atomic mass is 10.2. The fourth-order valence-corrected chi connectivity index (χ4v) is 2.60. The van der Waals surface area contributed by atoms with Crippen molar-refractivity contribution in [1.29, 1.82) is 0 Å². The van der Waals surface area contributed by atoms with Gasteiger partial charge in [0.25, 0.3) is 0 Å². The number of aromatic hydroxyl groups is 5. The number of hydrogen-bond donors (Lipinski definition) is 9. The molecule has 2 rings (SSSR count). The molecule has 0 atom stereocenters. The summed E-state index contributed by atoms with van der Waals surface area (Å²) in [5.41, 5.74) is 1.23. The monoisotopic (exact) mass is 382 g/mol. The topological polar surface area (TPSA) is 183 Å². The summed E-state index contributed by atoms with van der Waals surface area (Å²) >= 11 is 0.846. The Morgan fingerprint density at radius 2 is 1.54 bits per heavy atom. The molecular formula is C15H14N2O8S. The van der Waals surface area contributed by atoms with Crippen molar-refractivity contribution in [3.8, 4) is 28.7 Å². The second-order valence-electron chi connectivity index (χ2n) is 4.87.